The largest absolute Gasteiger partial charge is 0.476 e. The van der Waals surface area contributed by atoms with Crippen LogP contribution in [-0.4, -0.2) is 16.8 Å². The van der Waals surface area contributed by atoms with Crippen molar-refractivity contribution in [2.75, 3.05) is 6.61 Å². The predicted octanol–water partition coefficient (Wildman–Crippen LogP) is 4.00. The first kappa shape index (κ1) is 12.6. The summed E-state index contributed by atoms with van der Waals surface area (Å²) in [5.41, 5.74) is 3.20. The molecule has 2 aromatic carbocycles. The third-order valence-corrected chi connectivity index (χ3v) is 3.26. The number of nitrogens with zero attached hydrogens (tertiary/aromatic N) is 2. The zero-order chi connectivity index (χ0) is 13.9. The molecule has 100 valence electrons. The minimum Gasteiger partial charge on any atom is -0.476 e. The van der Waals surface area contributed by atoms with Crippen LogP contribution in [0.5, 0.6) is 5.88 Å². The highest BCUT2D eigenvalue weighted by molar-refractivity contribution is 5.96. The molecule has 0 unspecified atom stereocenters. The van der Waals surface area contributed by atoms with Crippen molar-refractivity contribution in [2.24, 2.45) is 0 Å². The van der Waals surface area contributed by atoms with E-state index in [4.69, 9.17) is 4.74 Å². The van der Waals surface area contributed by atoms with Gasteiger partial charge in [-0.15, -0.1) is 10.2 Å². The van der Waals surface area contributed by atoms with Crippen molar-refractivity contribution < 1.29 is 4.74 Å². The van der Waals surface area contributed by atoms with Crippen LogP contribution in [0.4, 0.5) is 0 Å². The van der Waals surface area contributed by atoms with Crippen molar-refractivity contribution >= 4 is 10.8 Å². The third kappa shape index (κ3) is 2.23. The van der Waals surface area contributed by atoms with Gasteiger partial charge < -0.3 is 4.74 Å². The minimum atomic E-state index is 0.586. The van der Waals surface area contributed by atoms with Crippen molar-refractivity contribution in [3.63, 3.8) is 0 Å². The molecule has 0 saturated heterocycles. The van der Waals surface area contributed by atoms with E-state index in [1.54, 1.807) is 0 Å². The van der Waals surface area contributed by atoms with Crippen LogP contribution in [0.1, 0.15) is 12.5 Å². The first-order chi connectivity index (χ1) is 9.79. The molecule has 0 aliphatic heterocycles. The number of aryl methyl sites for hydroxylation is 1. The van der Waals surface area contributed by atoms with Crippen LogP contribution < -0.4 is 4.74 Å². The molecule has 3 heteroatoms. The average Bonchev–Trinajstić information content (AvgIpc) is 2.49. The van der Waals surface area contributed by atoms with Gasteiger partial charge in [0.2, 0.25) is 5.88 Å². The maximum Gasteiger partial charge on any atom is 0.241 e. The highest BCUT2D eigenvalue weighted by Crippen LogP contribution is 2.30. The molecular formula is C17H16N2O. The topological polar surface area (TPSA) is 35.0 Å². The normalized spacial score (nSPS) is 10.7. The van der Waals surface area contributed by atoms with Gasteiger partial charge in [-0.3, -0.25) is 0 Å². The molecule has 0 saturated carbocycles. The average molecular weight is 264 g/mol. The van der Waals surface area contributed by atoms with Gasteiger partial charge in [-0.05, 0) is 19.9 Å². The minimum absolute atomic E-state index is 0.586. The molecule has 0 aliphatic carbocycles. The summed E-state index contributed by atoms with van der Waals surface area (Å²) in [5.74, 6) is 0.596. The molecule has 20 heavy (non-hydrogen) atoms. The number of ether oxygens (including phenoxy) is 1. The summed E-state index contributed by atoms with van der Waals surface area (Å²) in [6.45, 7) is 4.61. The van der Waals surface area contributed by atoms with E-state index in [0.29, 0.717) is 12.5 Å². The van der Waals surface area contributed by atoms with Crippen LogP contribution in [0.3, 0.4) is 0 Å². The Kier molecular flexibility index (Phi) is 3.33. The second kappa shape index (κ2) is 5.29. The summed E-state index contributed by atoms with van der Waals surface area (Å²) in [7, 11) is 0. The molecule has 0 N–H and O–H groups in total. The monoisotopic (exact) mass is 264 g/mol. The number of aromatic nitrogens is 2. The van der Waals surface area contributed by atoms with E-state index in [1.165, 1.54) is 5.56 Å². The Morgan fingerprint density at radius 3 is 2.30 bits per heavy atom. The number of hydrogen-bond acceptors (Lipinski definition) is 3. The van der Waals surface area contributed by atoms with Gasteiger partial charge >= 0.3 is 0 Å². The first-order valence-electron chi connectivity index (χ1n) is 6.75. The van der Waals surface area contributed by atoms with Gasteiger partial charge in [0.25, 0.3) is 0 Å². The number of benzene rings is 2. The maximum atomic E-state index is 5.56. The van der Waals surface area contributed by atoms with E-state index < -0.39 is 0 Å². The van der Waals surface area contributed by atoms with E-state index in [-0.39, 0.29) is 0 Å². The third-order valence-electron chi connectivity index (χ3n) is 3.26. The van der Waals surface area contributed by atoms with Crippen molar-refractivity contribution in [1.29, 1.82) is 0 Å². The molecule has 0 fully saturated rings. The van der Waals surface area contributed by atoms with Crippen molar-refractivity contribution in [1.82, 2.24) is 10.2 Å². The molecule has 0 bridgehead atoms. The molecule has 0 atom stereocenters. The summed E-state index contributed by atoms with van der Waals surface area (Å²) < 4.78 is 5.56. The molecule has 3 nitrogen and oxygen atoms in total. The van der Waals surface area contributed by atoms with Gasteiger partial charge in [-0.1, -0.05) is 48.0 Å². The molecule has 1 aromatic heterocycles. The molecular weight excluding hydrogens is 248 g/mol. The number of fused-ring (bicyclic) bond motifs is 1. The molecule has 1 heterocycles. The van der Waals surface area contributed by atoms with Crippen LogP contribution >= 0.6 is 0 Å². The Labute approximate surface area is 118 Å². The van der Waals surface area contributed by atoms with Crippen LogP contribution in [0.15, 0.2) is 48.5 Å². The van der Waals surface area contributed by atoms with Crippen LogP contribution in [0.25, 0.3) is 22.0 Å². The van der Waals surface area contributed by atoms with Gasteiger partial charge in [0.1, 0.15) is 5.69 Å². The van der Waals surface area contributed by atoms with Crippen LogP contribution in [0.2, 0.25) is 0 Å². The van der Waals surface area contributed by atoms with Crippen LogP contribution in [0, 0.1) is 6.92 Å². The molecule has 3 aromatic rings. The Morgan fingerprint density at radius 2 is 1.60 bits per heavy atom. The van der Waals surface area contributed by atoms with E-state index in [9.17, 15) is 0 Å². The van der Waals surface area contributed by atoms with E-state index >= 15 is 0 Å². The lowest BCUT2D eigenvalue weighted by Gasteiger charge is -2.09. The van der Waals surface area contributed by atoms with Gasteiger partial charge in [0.05, 0.1) is 6.61 Å². The van der Waals surface area contributed by atoms with Crippen LogP contribution in [-0.2, 0) is 0 Å². The Balaban J connectivity index is 2.22. The summed E-state index contributed by atoms with van der Waals surface area (Å²) >= 11 is 0. The van der Waals surface area contributed by atoms with Crippen molar-refractivity contribution in [2.45, 2.75) is 13.8 Å². The smallest absolute Gasteiger partial charge is 0.241 e. The fourth-order valence-corrected chi connectivity index (χ4v) is 2.25. The van der Waals surface area contributed by atoms with E-state index in [0.717, 1.165) is 22.0 Å². The lowest BCUT2D eigenvalue weighted by Crippen LogP contribution is -1.99. The highest BCUT2D eigenvalue weighted by Gasteiger charge is 2.10. The molecule has 0 amide bonds. The van der Waals surface area contributed by atoms with Crippen molar-refractivity contribution in [3.05, 3.63) is 54.1 Å². The van der Waals surface area contributed by atoms with Crippen molar-refractivity contribution in [3.8, 4) is 17.1 Å². The predicted molar refractivity (Wildman–Crippen MR) is 80.9 cm³/mol. The highest BCUT2D eigenvalue weighted by atomic mass is 16.5. The lowest BCUT2D eigenvalue weighted by atomic mass is 10.0. The zero-order valence-electron chi connectivity index (χ0n) is 11.6. The Hall–Kier alpha value is -2.42. The second-order valence-electron chi connectivity index (χ2n) is 4.70. The fourth-order valence-electron chi connectivity index (χ4n) is 2.25. The quantitative estimate of drug-likeness (QED) is 0.717. The summed E-state index contributed by atoms with van der Waals surface area (Å²) in [6, 6.07) is 16.4. The van der Waals surface area contributed by atoms with Gasteiger partial charge in [0, 0.05) is 16.3 Å². The zero-order valence-corrected chi connectivity index (χ0v) is 11.6. The fraction of sp³-hybridized carbons (Fsp3) is 0.176. The SMILES string of the molecule is CCOc1nnc(-c2ccc(C)cc2)c2ccccc12. The standard InChI is InChI=1S/C17H16N2O/c1-3-20-17-15-7-5-4-6-14(15)16(18-19-17)13-10-8-12(2)9-11-13/h4-11H,3H2,1-2H3. The molecule has 0 spiro atoms. The summed E-state index contributed by atoms with van der Waals surface area (Å²) in [5, 5.41) is 10.6. The number of hydrogen-bond donors (Lipinski definition) is 0. The summed E-state index contributed by atoms with van der Waals surface area (Å²) in [4.78, 5) is 0. The Morgan fingerprint density at radius 1 is 0.900 bits per heavy atom. The summed E-state index contributed by atoms with van der Waals surface area (Å²) in [6.07, 6.45) is 0. The van der Waals surface area contributed by atoms with E-state index in [1.807, 2.05) is 25.1 Å². The van der Waals surface area contributed by atoms with Gasteiger partial charge in [-0.25, -0.2) is 0 Å². The second-order valence-corrected chi connectivity index (χ2v) is 4.70. The van der Waals surface area contributed by atoms with Gasteiger partial charge in [-0.2, -0.15) is 0 Å². The lowest BCUT2D eigenvalue weighted by molar-refractivity contribution is 0.327. The van der Waals surface area contributed by atoms with E-state index in [2.05, 4.69) is 47.5 Å². The molecule has 3 rings (SSSR count). The molecule has 0 radical (unpaired) electrons. The first-order valence-corrected chi connectivity index (χ1v) is 6.75. The number of rotatable bonds is 3. The maximum absolute atomic E-state index is 5.56. The Bertz CT molecular complexity index is 736. The van der Waals surface area contributed by atoms with Gasteiger partial charge in [0.15, 0.2) is 0 Å². The molecule has 0 aliphatic rings.